The summed E-state index contributed by atoms with van der Waals surface area (Å²) in [6.07, 6.45) is 2.12. The Hall–Kier alpha value is -1.34. The number of hydrogen-bond acceptors (Lipinski definition) is 6. The molecule has 0 aliphatic rings. The summed E-state index contributed by atoms with van der Waals surface area (Å²) < 4.78 is 3.94. The van der Waals surface area contributed by atoms with Crippen LogP contribution in [0.1, 0.15) is 37.0 Å². The molecule has 1 aromatic rings. The topological polar surface area (TPSA) is 97.3 Å². The summed E-state index contributed by atoms with van der Waals surface area (Å²) in [4.78, 5) is 13.5. The second-order valence-electron chi connectivity index (χ2n) is 4.84. The number of primary amides is 1. The molecule has 0 aliphatic carbocycles. The number of anilines is 2. The van der Waals surface area contributed by atoms with Gasteiger partial charge in [0.15, 0.2) is 5.82 Å². The fourth-order valence-corrected chi connectivity index (χ4v) is 2.35. The first-order chi connectivity index (χ1) is 8.93. The number of nitrogens with two attached hydrogens (primary N) is 2. The highest BCUT2D eigenvalue weighted by Crippen LogP contribution is 2.25. The minimum absolute atomic E-state index is 0.208. The zero-order chi connectivity index (χ0) is 14.4. The van der Waals surface area contributed by atoms with Crippen LogP contribution in [0, 0.1) is 0 Å². The summed E-state index contributed by atoms with van der Waals surface area (Å²) in [5, 5.41) is 3.84. The molecule has 5 N–H and O–H groups in total. The number of nitrogen functional groups attached to an aromatic ring is 1. The van der Waals surface area contributed by atoms with Gasteiger partial charge in [0.2, 0.25) is 0 Å². The third-order valence-corrected chi connectivity index (χ3v) is 3.89. The number of carbonyl (C=O) groups excluding carboxylic acids is 1. The van der Waals surface area contributed by atoms with E-state index in [0.29, 0.717) is 16.6 Å². The summed E-state index contributed by atoms with van der Waals surface area (Å²) in [5.41, 5.74) is 11.2. The fourth-order valence-electron chi connectivity index (χ4n) is 1.61. The molecule has 1 heterocycles. The Morgan fingerprint density at radius 2 is 2.16 bits per heavy atom. The maximum absolute atomic E-state index is 11.2. The van der Waals surface area contributed by atoms with Gasteiger partial charge in [-0.05, 0) is 51.8 Å². The van der Waals surface area contributed by atoms with Gasteiger partial charge in [0.25, 0.3) is 5.91 Å². The van der Waals surface area contributed by atoms with Crippen LogP contribution < -0.4 is 16.8 Å². The summed E-state index contributed by atoms with van der Waals surface area (Å²) in [7, 11) is 2.12. The maximum Gasteiger partial charge on any atom is 0.255 e. The van der Waals surface area contributed by atoms with E-state index in [4.69, 9.17) is 11.5 Å². The first-order valence-corrected chi connectivity index (χ1v) is 7.20. The molecule has 1 aromatic heterocycles. The molecule has 0 unspecified atom stereocenters. The highest BCUT2D eigenvalue weighted by molar-refractivity contribution is 7.11. The molecular weight excluding hydrogens is 262 g/mol. The molecule has 0 saturated carbocycles. The minimum Gasteiger partial charge on any atom is -0.382 e. The van der Waals surface area contributed by atoms with Crippen molar-refractivity contribution in [1.82, 2.24) is 9.27 Å². The van der Waals surface area contributed by atoms with Gasteiger partial charge in [-0.15, -0.1) is 0 Å². The van der Waals surface area contributed by atoms with E-state index in [-0.39, 0.29) is 5.82 Å². The fraction of sp³-hybridized carbons (Fsp3) is 0.667. The second-order valence-corrected chi connectivity index (χ2v) is 5.62. The lowest BCUT2D eigenvalue weighted by Gasteiger charge is -2.20. The van der Waals surface area contributed by atoms with E-state index < -0.39 is 5.91 Å². The molecule has 7 heteroatoms. The van der Waals surface area contributed by atoms with Crippen molar-refractivity contribution in [2.75, 3.05) is 31.2 Å². The van der Waals surface area contributed by atoms with Gasteiger partial charge in [-0.3, -0.25) is 4.79 Å². The van der Waals surface area contributed by atoms with Gasteiger partial charge in [0.05, 0.1) is 0 Å². The van der Waals surface area contributed by atoms with Crippen molar-refractivity contribution < 1.29 is 4.79 Å². The molecule has 0 spiro atoms. The number of hydrogen-bond donors (Lipinski definition) is 3. The monoisotopic (exact) mass is 285 g/mol. The first kappa shape index (κ1) is 15.7. The van der Waals surface area contributed by atoms with Gasteiger partial charge in [-0.2, -0.15) is 4.37 Å². The SMILES string of the molecule is CC(C)N(C)CCCCNc1snc(N)c1C(N)=O. The number of unbranched alkanes of at least 4 members (excludes halogenated alkanes) is 1. The van der Waals surface area contributed by atoms with Crippen molar-refractivity contribution in [2.24, 2.45) is 5.73 Å². The van der Waals surface area contributed by atoms with Crippen molar-refractivity contribution in [2.45, 2.75) is 32.7 Å². The third-order valence-electron chi connectivity index (χ3n) is 3.07. The molecule has 0 fully saturated rings. The minimum atomic E-state index is -0.534. The van der Waals surface area contributed by atoms with E-state index >= 15 is 0 Å². The van der Waals surface area contributed by atoms with Gasteiger partial charge < -0.3 is 21.7 Å². The number of nitrogens with one attached hydrogen (secondary N) is 1. The molecule has 6 nitrogen and oxygen atoms in total. The number of nitrogens with zero attached hydrogens (tertiary/aromatic N) is 2. The Kier molecular flexibility index (Phi) is 6.04. The molecule has 0 bridgehead atoms. The lowest BCUT2D eigenvalue weighted by Crippen LogP contribution is -2.27. The molecule has 19 heavy (non-hydrogen) atoms. The number of amides is 1. The normalized spacial score (nSPS) is 11.2. The van der Waals surface area contributed by atoms with Gasteiger partial charge in [0, 0.05) is 12.6 Å². The molecule has 1 amide bonds. The van der Waals surface area contributed by atoms with Gasteiger partial charge in [-0.1, -0.05) is 0 Å². The molecule has 108 valence electrons. The smallest absolute Gasteiger partial charge is 0.255 e. The lowest BCUT2D eigenvalue weighted by atomic mass is 10.2. The summed E-state index contributed by atoms with van der Waals surface area (Å²) >= 11 is 1.18. The van der Waals surface area contributed by atoms with Crippen LogP contribution in [0.5, 0.6) is 0 Å². The molecule has 0 aromatic carbocycles. The van der Waals surface area contributed by atoms with E-state index in [2.05, 4.69) is 35.5 Å². The van der Waals surface area contributed by atoms with Crippen LogP contribution in [0.25, 0.3) is 0 Å². The zero-order valence-corrected chi connectivity index (χ0v) is 12.6. The Bertz CT molecular complexity index is 418. The highest BCUT2D eigenvalue weighted by Gasteiger charge is 2.15. The molecule has 0 atom stereocenters. The third kappa shape index (κ3) is 4.68. The number of carbonyl (C=O) groups is 1. The van der Waals surface area contributed by atoms with Gasteiger partial charge in [-0.25, -0.2) is 0 Å². The lowest BCUT2D eigenvalue weighted by molar-refractivity contribution is 0.100. The van der Waals surface area contributed by atoms with E-state index in [0.717, 1.165) is 25.9 Å². The predicted molar refractivity (Wildman–Crippen MR) is 80.5 cm³/mol. The quantitative estimate of drug-likeness (QED) is 0.626. The summed E-state index contributed by atoms with van der Waals surface area (Å²) in [6, 6.07) is 0.565. The van der Waals surface area contributed by atoms with Crippen LogP contribution in [0.15, 0.2) is 0 Å². The van der Waals surface area contributed by atoms with E-state index in [1.54, 1.807) is 0 Å². The van der Waals surface area contributed by atoms with Gasteiger partial charge in [0.1, 0.15) is 10.6 Å². The highest BCUT2D eigenvalue weighted by atomic mass is 32.1. The summed E-state index contributed by atoms with van der Waals surface area (Å²) in [6.45, 7) is 6.20. The Labute approximate surface area is 118 Å². The average molecular weight is 285 g/mol. The van der Waals surface area contributed by atoms with Crippen molar-refractivity contribution >= 4 is 28.3 Å². The van der Waals surface area contributed by atoms with Crippen LogP contribution >= 0.6 is 11.5 Å². The number of aromatic nitrogens is 1. The Morgan fingerprint density at radius 3 is 2.74 bits per heavy atom. The maximum atomic E-state index is 11.2. The van der Waals surface area contributed by atoms with Crippen LogP contribution in [-0.2, 0) is 0 Å². The van der Waals surface area contributed by atoms with Gasteiger partial charge >= 0.3 is 0 Å². The van der Waals surface area contributed by atoms with Crippen molar-refractivity contribution in [3.63, 3.8) is 0 Å². The largest absolute Gasteiger partial charge is 0.382 e. The summed E-state index contributed by atoms with van der Waals surface area (Å²) in [5.74, 6) is -0.326. The molecule has 1 rings (SSSR count). The predicted octanol–water partition coefficient (Wildman–Crippen LogP) is 1.36. The van der Waals surface area contributed by atoms with Crippen molar-refractivity contribution in [3.8, 4) is 0 Å². The molecule has 0 aliphatic heterocycles. The number of rotatable bonds is 8. The standard InChI is InChI=1S/C12H23N5OS/c1-8(2)17(3)7-5-4-6-15-12-9(11(14)18)10(13)16-19-12/h8,15H,4-7H2,1-3H3,(H2,13,16)(H2,14,18). The van der Waals surface area contributed by atoms with Crippen LogP contribution in [-0.4, -0.2) is 41.4 Å². The van der Waals surface area contributed by atoms with E-state index in [1.807, 2.05) is 0 Å². The van der Waals surface area contributed by atoms with E-state index in [1.165, 1.54) is 11.5 Å². The van der Waals surface area contributed by atoms with Crippen molar-refractivity contribution in [1.29, 1.82) is 0 Å². The Morgan fingerprint density at radius 1 is 1.47 bits per heavy atom. The zero-order valence-electron chi connectivity index (χ0n) is 11.8. The van der Waals surface area contributed by atoms with Crippen LogP contribution in [0.3, 0.4) is 0 Å². The van der Waals surface area contributed by atoms with Crippen molar-refractivity contribution in [3.05, 3.63) is 5.56 Å². The first-order valence-electron chi connectivity index (χ1n) is 6.42. The molecular formula is C12H23N5OS. The molecule has 0 radical (unpaired) electrons. The second kappa shape index (κ2) is 7.30. The van der Waals surface area contributed by atoms with Crippen LogP contribution in [0.4, 0.5) is 10.8 Å². The average Bonchev–Trinajstić information content (AvgIpc) is 2.69. The Balaban J connectivity index is 2.32. The van der Waals surface area contributed by atoms with Crippen LogP contribution in [0.2, 0.25) is 0 Å². The van der Waals surface area contributed by atoms with E-state index in [9.17, 15) is 4.79 Å². The molecule has 0 saturated heterocycles.